The number of anilines is 1. The molecule has 1 heterocycles. The van der Waals surface area contributed by atoms with Gasteiger partial charge in [-0.25, -0.2) is 9.78 Å². The lowest BCUT2D eigenvalue weighted by molar-refractivity contribution is 0.207. The van der Waals surface area contributed by atoms with Gasteiger partial charge in [0.1, 0.15) is 5.82 Å². The zero-order valence-electron chi connectivity index (χ0n) is 13.0. The maximum atomic E-state index is 12.1. The normalized spacial score (nSPS) is 10.3. The van der Waals surface area contributed by atoms with Gasteiger partial charge in [-0.1, -0.05) is 46.9 Å². The highest BCUT2D eigenvalue weighted by molar-refractivity contribution is 6.35. The molecule has 0 radical (unpaired) electrons. The van der Waals surface area contributed by atoms with E-state index in [2.05, 4.69) is 15.6 Å². The van der Waals surface area contributed by atoms with Crippen molar-refractivity contribution in [2.24, 2.45) is 0 Å². The van der Waals surface area contributed by atoms with Crippen LogP contribution in [0.2, 0.25) is 15.1 Å². The van der Waals surface area contributed by atoms with Crippen LogP contribution >= 0.6 is 34.8 Å². The third-order valence-corrected chi connectivity index (χ3v) is 3.89. The molecule has 2 aromatic rings. The number of nitrogens with zero attached hydrogens (tertiary/aromatic N) is 2. The number of hydrogen-bond donors (Lipinski definition) is 2. The number of pyridine rings is 1. The van der Waals surface area contributed by atoms with Crippen molar-refractivity contribution in [3.8, 4) is 0 Å². The standard InChI is InChI=1S/C16H17Cl3N4O/c1-23(10-11-3-2-4-12(17)7-11)16(24)21-6-5-20-15-14(19)8-13(18)9-22-15/h2-4,7-9H,5-6,10H2,1H3,(H,20,22)(H,21,24). The van der Waals surface area contributed by atoms with Crippen LogP contribution in [0, 0.1) is 0 Å². The van der Waals surface area contributed by atoms with E-state index >= 15 is 0 Å². The van der Waals surface area contributed by atoms with Crippen LogP contribution in [-0.2, 0) is 6.54 Å². The van der Waals surface area contributed by atoms with E-state index in [9.17, 15) is 4.79 Å². The van der Waals surface area contributed by atoms with Gasteiger partial charge in [-0.15, -0.1) is 0 Å². The second-order valence-corrected chi connectivity index (χ2v) is 6.41. The molecule has 2 amide bonds. The van der Waals surface area contributed by atoms with Gasteiger partial charge in [0.25, 0.3) is 0 Å². The van der Waals surface area contributed by atoms with E-state index in [-0.39, 0.29) is 6.03 Å². The minimum atomic E-state index is -0.174. The molecule has 1 aromatic carbocycles. The van der Waals surface area contributed by atoms with Crippen molar-refractivity contribution >= 4 is 46.7 Å². The summed E-state index contributed by atoms with van der Waals surface area (Å²) in [6, 6.07) is 8.84. The van der Waals surface area contributed by atoms with Crippen molar-refractivity contribution in [1.82, 2.24) is 15.2 Å². The fourth-order valence-corrected chi connectivity index (χ4v) is 2.67. The lowest BCUT2D eigenvalue weighted by atomic mass is 10.2. The molecule has 2 rings (SSSR count). The number of amides is 2. The number of carbonyl (C=O) groups is 1. The van der Waals surface area contributed by atoms with Gasteiger partial charge in [-0.3, -0.25) is 0 Å². The smallest absolute Gasteiger partial charge is 0.317 e. The Morgan fingerprint density at radius 2 is 1.96 bits per heavy atom. The van der Waals surface area contributed by atoms with Gasteiger partial charge in [0, 0.05) is 37.9 Å². The van der Waals surface area contributed by atoms with Gasteiger partial charge in [0.2, 0.25) is 0 Å². The molecule has 0 fully saturated rings. The molecule has 0 aliphatic rings. The number of urea groups is 1. The SMILES string of the molecule is CN(Cc1cccc(Cl)c1)C(=O)NCCNc1ncc(Cl)cc1Cl. The number of carbonyl (C=O) groups excluding carboxylic acids is 1. The number of nitrogens with one attached hydrogen (secondary N) is 2. The first-order valence-corrected chi connectivity index (χ1v) is 8.37. The zero-order chi connectivity index (χ0) is 17.5. The zero-order valence-corrected chi connectivity index (χ0v) is 15.3. The van der Waals surface area contributed by atoms with Gasteiger partial charge in [-0.05, 0) is 23.8 Å². The molecule has 1 aromatic heterocycles. The Hall–Kier alpha value is -1.69. The lowest BCUT2D eigenvalue weighted by Crippen LogP contribution is -2.39. The molecule has 0 unspecified atom stereocenters. The Labute approximate surface area is 155 Å². The molecule has 24 heavy (non-hydrogen) atoms. The summed E-state index contributed by atoms with van der Waals surface area (Å²) in [5, 5.41) is 7.41. The fraction of sp³-hybridized carbons (Fsp3) is 0.250. The van der Waals surface area contributed by atoms with Crippen LogP contribution in [0.15, 0.2) is 36.5 Å². The lowest BCUT2D eigenvalue weighted by Gasteiger charge is -2.18. The minimum Gasteiger partial charge on any atom is -0.367 e. The van der Waals surface area contributed by atoms with Crippen molar-refractivity contribution in [2.75, 3.05) is 25.5 Å². The average molecular weight is 388 g/mol. The second-order valence-electron chi connectivity index (χ2n) is 5.13. The number of benzene rings is 1. The van der Waals surface area contributed by atoms with Crippen molar-refractivity contribution < 1.29 is 4.79 Å². The summed E-state index contributed by atoms with van der Waals surface area (Å²) in [6.07, 6.45) is 1.51. The Balaban J connectivity index is 1.74. The monoisotopic (exact) mass is 386 g/mol. The van der Waals surface area contributed by atoms with Crippen LogP contribution in [0.4, 0.5) is 10.6 Å². The summed E-state index contributed by atoms with van der Waals surface area (Å²) in [5.74, 6) is 0.530. The highest BCUT2D eigenvalue weighted by Crippen LogP contribution is 2.22. The van der Waals surface area contributed by atoms with E-state index in [1.165, 1.54) is 6.20 Å². The minimum absolute atomic E-state index is 0.174. The molecule has 0 aliphatic heterocycles. The summed E-state index contributed by atoms with van der Waals surface area (Å²) in [6.45, 7) is 1.40. The van der Waals surface area contributed by atoms with Crippen LogP contribution in [0.25, 0.3) is 0 Å². The van der Waals surface area contributed by atoms with Crippen molar-refractivity contribution in [2.45, 2.75) is 6.54 Å². The van der Waals surface area contributed by atoms with Crippen LogP contribution in [0.1, 0.15) is 5.56 Å². The van der Waals surface area contributed by atoms with E-state index in [4.69, 9.17) is 34.8 Å². The van der Waals surface area contributed by atoms with Crippen LogP contribution in [0.3, 0.4) is 0 Å². The number of halogens is 3. The highest BCUT2D eigenvalue weighted by Gasteiger charge is 2.09. The highest BCUT2D eigenvalue weighted by atomic mass is 35.5. The first-order valence-electron chi connectivity index (χ1n) is 7.24. The van der Waals surface area contributed by atoms with E-state index in [0.29, 0.717) is 40.5 Å². The van der Waals surface area contributed by atoms with E-state index in [1.807, 2.05) is 18.2 Å². The molecule has 8 heteroatoms. The summed E-state index contributed by atoms with van der Waals surface area (Å²) < 4.78 is 0. The topological polar surface area (TPSA) is 57.3 Å². The maximum absolute atomic E-state index is 12.1. The molecule has 0 spiro atoms. The number of rotatable bonds is 6. The van der Waals surface area contributed by atoms with Crippen LogP contribution < -0.4 is 10.6 Å². The predicted molar refractivity (Wildman–Crippen MR) is 99.1 cm³/mol. The Morgan fingerprint density at radius 1 is 1.17 bits per heavy atom. The Morgan fingerprint density at radius 3 is 2.67 bits per heavy atom. The third kappa shape index (κ3) is 5.74. The maximum Gasteiger partial charge on any atom is 0.317 e. The fourth-order valence-electron chi connectivity index (χ4n) is 2.01. The van der Waals surface area contributed by atoms with Crippen LogP contribution in [0.5, 0.6) is 0 Å². The van der Waals surface area contributed by atoms with Crippen LogP contribution in [-0.4, -0.2) is 36.1 Å². The molecule has 0 saturated heterocycles. The molecular formula is C16H17Cl3N4O. The first-order chi connectivity index (χ1) is 11.5. The van der Waals surface area contributed by atoms with E-state index < -0.39 is 0 Å². The van der Waals surface area contributed by atoms with Gasteiger partial charge in [0.05, 0.1) is 10.0 Å². The van der Waals surface area contributed by atoms with E-state index in [1.54, 1.807) is 24.1 Å². The molecule has 0 atom stereocenters. The third-order valence-electron chi connectivity index (χ3n) is 3.16. The average Bonchev–Trinajstić information content (AvgIpc) is 2.53. The van der Waals surface area contributed by atoms with Gasteiger partial charge in [0.15, 0.2) is 0 Å². The van der Waals surface area contributed by atoms with Crippen molar-refractivity contribution in [3.63, 3.8) is 0 Å². The van der Waals surface area contributed by atoms with Gasteiger partial charge >= 0.3 is 6.03 Å². The van der Waals surface area contributed by atoms with Gasteiger partial charge < -0.3 is 15.5 Å². The molecule has 128 valence electrons. The largest absolute Gasteiger partial charge is 0.367 e. The first kappa shape index (κ1) is 18.6. The molecule has 0 aliphatic carbocycles. The number of aromatic nitrogens is 1. The van der Waals surface area contributed by atoms with Crippen molar-refractivity contribution in [3.05, 3.63) is 57.2 Å². The molecule has 5 nitrogen and oxygen atoms in total. The van der Waals surface area contributed by atoms with Crippen molar-refractivity contribution in [1.29, 1.82) is 0 Å². The molecular weight excluding hydrogens is 371 g/mol. The summed E-state index contributed by atoms with van der Waals surface area (Å²) in [7, 11) is 1.72. The second kappa shape index (κ2) is 8.97. The number of hydrogen-bond acceptors (Lipinski definition) is 3. The van der Waals surface area contributed by atoms with E-state index in [0.717, 1.165) is 5.56 Å². The summed E-state index contributed by atoms with van der Waals surface area (Å²) in [4.78, 5) is 17.7. The Bertz CT molecular complexity index is 711. The molecule has 2 N–H and O–H groups in total. The van der Waals surface area contributed by atoms with Gasteiger partial charge in [-0.2, -0.15) is 0 Å². The molecule has 0 bridgehead atoms. The summed E-state index contributed by atoms with van der Waals surface area (Å²) >= 11 is 17.7. The predicted octanol–water partition coefficient (Wildman–Crippen LogP) is 4.30. The molecule has 0 saturated carbocycles. The Kier molecular flexibility index (Phi) is 6.97. The quantitative estimate of drug-likeness (QED) is 0.727. The summed E-state index contributed by atoms with van der Waals surface area (Å²) in [5.41, 5.74) is 0.968.